The maximum atomic E-state index is 11.6. The number of hydrogen-bond acceptors (Lipinski definition) is 4. The van der Waals surface area contributed by atoms with E-state index in [1.807, 2.05) is 0 Å². The summed E-state index contributed by atoms with van der Waals surface area (Å²) in [6.45, 7) is 5.57. The lowest BCUT2D eigenvalue weighted by Gasteiger charge is -2.22. The smallest absolute Gasteiger partial charge is 0.241 e. The second kappa shape index (κ2) is 5.67. The standard InChI is InChI=1S/C9H20N4O2/c1-9(2,3)8(15)13-6(7(10)14)5-12-11-4/h6,11-12H,5H2,1-4H3,(H2,10,14)(H,13,15). The Labute approximate surface area is 89.9 Å². The van der Waals surface area contributed by atoms with E-state index in [0.29, 0.717) is 0 Å². The second-order valence-electron chi connectivity index (χ2n) is 4.31. The molecule has 0 bridgehead atoms. The maximum Gasteiger partial charge on any atom is 0.241 e. The molecule has 0 aliphatic heterocycles. The molecule has 15 heavy (non-hydrogen) atoms. The number of primary amides is 1. The lowest BCUT2D eigenvalue weighted by atomic mass is 9.95. The number of nitrogens with two attached hydrogens (primary N) is 1. The van der Waals surface area contributed by atoms with Crippen LogP contribution in [0.25, 0.3) is 0 Å². The Morgan fingerprint density at radius 1 is 1.33 bits per heavy atom. The van der Waals surface area contributed by atoms with Crippen molar-refractivity contribution in [3.8, 4) is 0 Å². The van der Waals surface area contributed by atoms with E-state index in [0.717, 1.165) is 0 Å². The molecule has 0 radical (unpaired) electrons. The predicted octanol–water partition coefficient (Wildman–Crippen LogP) is -1.27. The molecule has 5 N–H and O–H groups in total. The number of rotatable bonds is 5. The zero-order valence-corrected chi connectivity index (χ0v) is 9.68. The molecular formula is C9H20N4O2. The van der Waals surface area contributed by atoms with E-state index < -0.39 is 17.4 Å². The minimum atomic E-state index is -0.704. The van der Waals surface area contributed by atoms with Gasteiger partial charge >= 0.3 is 0 Å². The molecule has 2 amide bonds. The zero-order chi connectivity index (χ0) is 12.1. The molecule has 88 valence electrons. The second-order valence-corrected chi connectivity index (χ2v) is 4.31. The first kappa shape index (κ1) is 13.9. The third-order valence-electron chi connectivity index (χ3n) is 1.81. The Morgan fingerprint density at radius 2 is 1.87 bits per heavy atom. The monoisotopic (exact) mass is 216 g/mol. The Hall–Kier alpha value is -1.14. The molecule has 0 aromatic carbocycles. The molecule has 0 aliphatic rings. The van der Waals surface area contributed by atoms with Gasteiger partial charge in [-0.3, -0.25) is 20.4 Å². The fourth-order valence-electron chi connectivity index (χ4n) is 0.802. The van der Waals surface area contributed by atoms with Gasteiger partial charge in [-0.25, -0.2) is 0 Å². The highest BCUT2D eigenvalue weighted by molar-refractivity contribution is 5.88. The summed E-state index contributed by atoms with van der Waals surface area (Å²) in [5.74, 6) is -0.764. The first-order valence-electron chi connectivity index (χ1n) is 4.79. The van der Waals surface area contributed by atoms with E-state index in [4.69, 9.17) is 5.73 Å². The number of nitrogens with one attached hydrogen (secondary N) is 3. The molecule has 6 nitrogen and oxygen atoms in total. The average molecular weight is 216 g/mol. The maximum absolute atomic E-state index is 11.6. The van der Waals surface area contributed by atoms with Gasteiger partial charge in [0.1, 0.15) is 6.04 Å². The molecule has 6 heteroatoms. The summed E-state index contributed by atoms with van der Waals surface area (Å²) in [6.07, 6.45) is 0. The Balaban J connectivity index is 4.29. The molecule has 0 saturated heterocycles. The van der Waals surface area contributed by atoms with Gasteiger partial charge < -0.3 is 11.1 Å². The number of amides is 2. The fraction of sp³-hybridized carbons (Fsp3) is 0.778. The van der Waals surface area contributed by atoms with Gasteiger partial charge in [-0.1, -0.05) is 20.8 Å². The summed E-state index contributed by atoms with van der Waals surface area (Å²) in [7, 11) is 1.67. The highest BCUT2D eigenvalue weighted by Crippen LogP contribution is 2.12. The van der Waals surface area contributed by atoms with Gasteiger partial charge in [0, 0.05) is 12.0 Å². The molecule has 0 spiro atoms. The molecule has 1 atom stereocenters. The van der Waals surface area contributed by atoms with Gasteiger partial charge in [0.05, 0.1) is 0 Å². The largest absolute Gasteiger partial charge is 0.368 e. The van der Waals surface area contributed by atoms with Gasteiger partial charge in [0.15, 0.2) is 0 Å². The van der Waals surface area contributed by atoms with Gasteiger partial charge in [0.2, 0.25) is 11.8 Å². The minimum absolute atomic E-state index is 0.204. The van der Waals surface area contributed by atoms with E-state index in [1.54, 1.807) is 27.8 Å². The van der Waals surface area contributed by atoms with Crippen LogP contribution in [0, 0.1) is 5.41 Å². The summed E-state index contributed by atoms with van der Waals surface area (Å²) in [5.41, 5.74) is 9.99. The normalized spacial score (nSPS) is 13.3. The third kappa shape index (κ3) is 5.34. The van der Waals surface area contributed by atoms with Crippen molar-refractivity contribution in [1.82, 2.24) is 16.2 Å². The quantitative estimate of drug-likeness (QED) is 0.431. The van der Waals surface area contributed by atoms with Gasteiger partial charge in [-0.05, 0) is 7.05 Å². The SMILES string of the molecule is CNNCC(NC(=O)C(C)(C)C)C(N)=O. The van der Waals surface area contributed by atoms with Crippen LogP contribution in [0.4, 0.5) is 0 Å². The average Bonchev–Trinajstić information content (AvgIpc) is 2.09. The molecule has 0 aliphatic carbocycles. The molecule has 0 saturated carbocycles. The van der Waals surface area contributed by atoms with Crippen molar-refractivity contribution in [2.45, 2.75) is 26.8 Å². The molecule has 1 unspecified atom stereocenters. The molecule has 0 rings (SSSR count). The molecular weight excluding hydrogens is 196 g/mol. The number of carbonyl (C=O) groups excluding carboxylic acids is 2. The Kier molecular flexibility index (Phi) is 5.24. The van der Waals surface area contributed by atoms with Crippen LogP contribution in [0.2, 0.25) is 0 Å². The van der Waals surface area contributed by atoms with Crippen molar-refractivity contribution in [3.63, 3.8) is 0 Å². The molecule has 0 aromatic heterocycles. The van der Waals surface area contributed by atoms with E-state index >= 15 is 0 Å². The summed E-state index contributed by atoms with van der Waals surface area (Å²) in [4.78, 5) is 22.6. The van der Waals surface area contributed by atoms with E-state index in [2.05, 4.69) is 16.2 Å². The van der Waals surface area contributed by atoms with Crippen LogP contribution in [0.5, 0.6) is 0 Å². The predicted molar refractivity (Wildman–Crippen MR) is 57.6 cm³/mol. The van der Waals surface area contributed by atoms with Crippen LogP contribution in [0.15, 0.2) is 0 Å². The van der Waals surface area contributed by atoms with Crippen molar-refractivity contribution < 1.29 is 9.59 Å². The highest BCUT2D eigenvalue weighted by Gasteiger charge is 2.25. The molecule has 0 aromatic rings. The van der Waals surface area contributed by atoms with E-state index in [1.165, 1.54) is 0 Å². The summed E-state index contributed by atoms with van der Waals surface area (Å²) in [5, 5.41) is 2.58. The van der Waals surface area contributed by atoms with Gasteiger partial charge in [0.25, 0.3) is 0 Å². The highest BCUT2D eigenvalue weighted by atomic mass is 16.2. The van der Waals surface area contributed by atoms with Crippen LogP contribution >= 0.6 is 0 Å². The van der Waals surface area contributed by atoms with Crippen LogP contribution in [0.1, 0.15) is 20.8 Å². The third-order valence-corrected chi connectivity index (χ3v) is 1.81. The van der Waals surface area contributed by atoms with E-state index in [9.17, 15) is 9.59 Å². The van der Waals surface area contributed by atoms with Crippen molar-refractivity contribution >= 4 is 11.8 Å². The fourth-order valence-corrected chi connectivity index (χ4v) is 0.802. The number of carbonyl (C=O) groups is 2. The number of hydrazine groups is 1. The van der Waals surface area contributed by atoms with Crippen molar-refractivity contribution in [2.75, 3.05) is 13.6 Å². The van der Waals surface area contributed by atoms with Crippen molar-refractivity contribution in [1.29, 1.82) is 0 Å². The van der Waals surface area contributed by atoms with Crippen molar-refractivity contribution in [2.24, 2.45) is 11.1 Å². The minimum Gasteiger partial charge on any atom is -0.368 e. The first-order chi connectivity index (χ1) is 6.79. The van der Waals surface area contributed by atoms with Crippen LogP contribution in [-0.4, -0.2) is 31.4 Å². The van der Waals surface area contributed by atoms with Gasteiger partial charge in [-0.15, -0.1) is 0 Å². The lowest BCUT2D eigenvalue weighted by molar-refractivity contribution is -0.132. The summed E-state index contributed by atoms with van der Waals surface area (Å²) >= 11 is 0. The van der Waals surface area contributed by atoms with Crippen LogP contribution in [-0.2, 0) is 9.59 Å². The summed E-state index contributed by atoms with van der Waals surface area (Å²) < 4.78 is 0. The molecule has 0 fully saturated rings. The Bertz CT molecular complexity index is 235. The van der Waals surface area contributed by atoms with E-state index in [-0.39, 0.29) is 12.5 Å². The van der Waals surface area contributed by atoms with Crippen LogP contribution < -0.4 is 21.9 Å². The number of hydrogen-bond donors (Lipinski definition) is 4. The van der Waals surface area contributed by atoms with Gasteiger partial charge in [-0.2, -0.15) is 0 Å². The van der Waals surface area contributed by atoms with Crippen molar-refractivity contribution in [3.05, 3.63) is 0 Å². The topological polar surface area (TPSA) is 96.2 Å². The Morgan fingerprint density at radius 3 is 2.20 bits per heavy atom. The molecule has 0 heterocycles. The zero-order valence-electron chi connectivity index (χ0n) is 9.68. The summed E-state index contributed by atoms with van der Waals surface area (Å²) in [6, 6.07) is -0.704. The van der Waals surface area contributed by atoms with Crippen LogP contribution in [0.3, 0.4) is 0 Å². The first-order valence-corrected chi connectivity index (χ1v) is 4.79. The lowest BCUT2D eigenvalue weighted by Crippen LogP contribution is -2.54.